The normalized spacial score (nSPS) is 14.6. The van der Waals surface area contributed by atoms with Gasteiger partial charge in [-0.15, -0.1) is 0 Å². The zero-order chi connectivity index (χ0) is 11.5. The number of carboxylic acid groups (broad SMARTS) is 1. The molecule has 0 bridgehead atoms. The summed E-state index contributed by atoms with van der Waals surface area (Å²) >= 11 is 0. The Morgan fingerprint density at radius 1 is 1.40 bits per heavy atom. The minimum atomic E-state index is -1.23. The molecule has 1 atom stereocenters. The van der Waals surface area contributed by atoms with Crippen LogP contribution >= 0.6 is 0 Å². The van der Waals surface area contributed by atoms with Gasteiger partial charge in [0, 0.05) is 6.42 Å². The smallest absolute Gasteiger partial charge is 0.303 e. The summed E-state index contributed by atoms with van der Waals surface area (Å²) < 4.78 is 12.6. The number of rotatable bonds is 4. The molecule has 15 heavy (non-hydrogen) atoms. The number of aliphatic hydroxyl groups is 1. The summed E-state index contributed by atoms with van der Waals surface area (Å²) in [6, 6.07) is 5.39. The largest absolute Gasteiger partial charge is 0.481 e. The lowest BCUT2D eigenvalue weighted by Crippen LogP contribution is -2.22. The van der Waals surface area contributed by atoms with Crippen molar-refractivity contribution in [2.24, 2.45) is 0 Å². The quantitative estimate of drug-likeness (QED) is 0.801. The Kier molecular flexibility index (Phi) is 3.42. The molecule has 0 heterocycles. The van der Waals surface area contributed by atoms with Gasteiger partial charge in [-0.25, -0.2) is 4.39 Å². The summed E-state index contributed by atoms with van der Waals surface area (Å²) in [5.74, 6) is -1.34. The highest BCUT2D eigenvalue weighted by Gasteiger charge is 2.23. The number of halogens is 1. The zero-order valence-electron chi connectivity index (χ0n) is 8.40. The van der Waals surface area contributed by atoms with Gasteiger partial charge < -0.3 is 10.2 Å². The van der Waals surface area contributed by atoms with Gasteiger partial charge in [-0.05, 0) is 31.0 Å². The molecule has 0 spiro atoms. The van der Waals surface area contributed by atoms with Gasteiger partial charge in [0.25, 0.3) is 0 Å². The van der Waals surface area contributed by atoms with Gasteiger partial charge in [-0.2, -0.15) is 0 Å². The van der Waals surface area contributed by atoms with Crippen LogP contribution in [0.1, 0.15) is 25.3 Å². The average molecular weight is 212 g/mol. The van der Waals surface area contributed by atoms with Crippen molar-refractivity contribution in [2.75, 3.05) is 0 Å². The van der Waals surface area contributed by atoms with Crippen molar-refractivity contribution in [1.82, 2.24) is 0 Å². The summed E-state index contributed by atoms with van der Waals surface area (Å²) in [7, 11) is 0. The molecule has 3 nitrogen and oxygen atoms in total. The molecule has 2 N–H and O–H groups in total. The lowest BCUT2D eigenvalue weighted by atomic mass is 9.91. The highest BCUT2D eigenvalue weighted by molar-refractivity contribution is 5.66. The van der Waals surface area contributed by atoms with E-state index in [2.05, 4.69) is 0 Å². The van der Waals surface area contributed by atoms with Crippen molar-refractivity contribution in [2.45, 2.75) is 25.4 Å². The second-order valence-corrected chi connectivity index (χ2v) is 3.67. The first-order valence-corrected chi connectivity index (χ1v) is 4.62. The molecule has 82 valence electrons. The molecule has 0 radical (unpaired) electrons. The molecule has 4 heteroatoms. The second kappa shape index (κ2) is 4.40. The minimum absolute atomic E-state index is 0.105. The third kappa shape index (κ3) is 3.32. The van der Waals surface area contributed by atoms with Gasteiger partial charge in [-0.3, -0.25) is 4.79 Å². The first-order valence-electron chi connectivity index (χ1n) is 4.62. The van der Waals surface area contributed by atoms with E-state index in [4.69, 9.17) is 5.11 Å². The Bertz CT molecular complexity index is 343. The molecule has 1 aromatic rings. The van der Waals surface area contributed by atoms with E-state index in [1.165, 1.54) is 31.2 Å². The Labute approximate surface area is 87.2 Å². The number of aliphatic carboxylic acids is 1. The fourth-order valence-corrected chi connectivity index (χ4v) is 1.30. The van der Waals surface area contributed by atoms with Gasteiger partial charge in [0.15, 0.2) is 0 Å². The number of benzene rings is 1. The predicted octanol–water partition coefficient (Wildman–Crippen LogP) is 1.90. The molecule has 1 unspecified atom stereocenters. The monoisotopic (exact) mass is 212 g/mol. The Hall–Kier alpha value is -1.42. The molecule has 0 aliphatic rings. The van der Waals surface area contributed by atoms with Gasteiger partial charge in [0.1, 0.15) is 5.82 Å². The summed E-state index contributed by atoms with van der Waals surface area (Å²) in [5.41, 5.74) is -0.711. The Morgan fingerprint density at radius 2 is 1.93 bits per heavy atom. The van der Waals surface area contributed by atoms with E-state index in [1.54, 1.807) is 0 Å². The first-order chi connectivity index (χ1) is 6.92. The van der Waals surface area contributed by atoms with Gasteiger partial charge >= 0.3 is 5.97 Å². The van der Waals surface area contributed by atoms with E-state index in [-0.39, 0.29) is 18.7 Å². The topological polar surface area (TPSA) is 57.5 Å². The van der Waals surface area contributed by atoms with Crippen LogP contribution < -0.4 is 0 Å². The van der Waals surface area contributed by atoms with Crippen LogP contribution in [-0.4, -0.2) is 16.2 Å². The molecular weight excluding hydrogens is 199 g/mol. The molecular formula is C11H13FO3. The number of carboxylic acids is 1. The first kappa shape index (κ1) is 11.7. The summed E-state index contributed by atoms with van der Waals surface area (Å²) in [4.78, 5) is 10.4. The van der Waals surface area contributed by atoms with E-state index >= 15 is 0 Å². The molecule has 0 aromatic heterocycles. The van der Waals surface area contributed by atoms with E-state index in [1.807, 2.05) is 0 Å². The summed E-state index contributed by atoms with van der Waals surface area (Å²) in [6.07, 6.45) is -0.0155. The van der Waals surface area contributed by atoms with Gasteiger partial charge in [0.05, 0.1) is 5.60 Å². The molecule has 0 saturated heterocycles. The lowest BCUT2D eigenvalue weighted by Gasteiger charge is -2.22. The van der Waals surface area contributed by atoms with Crippen LogP contribution in [0.25, 0.3) is 0 Å². The fourth-order valence-electron chi connectivity index (χ4n) is 1.30. The van der Waals surface area contributed by atoms with Crippen molar-refractivity contribution in [1.29, 1.82) is 0 Å². The Morgan fingerprint density at radius 3 is 2.40 bits per heavy atom. The number of carbonyl (C=O) groups is 1. The standard InChI is InChI=1S/C11H13FO3/c1-11(15,7-6-10(13)14)8-2-4-9(12)5-3-8/h2-5,15H,6-7H2,1H3,(H,13,14). The second-order valence-electron chi connectivity index (χ2n) is 3.67. The SMILES string of the molecule is CC(O)(CCC(=O)O)c1ccc(F)cc1. The zero-order valence-corrected chi connectivity index (χ0v) is 8.40. The van der Waals surface area contributed by atoms with E-state index in [0.29, 0.717) is 5.56 Å². The molecule has 0 fully saturated rings. The lowest BCUT2D eigenvalue weighted by molar-refractivity contribution is -0.138. The van der Waals surface area contributed by atoms with Crippen LogP contribution in [-0.2, 0) is 10.4 Å². The number of hydrogen-bond acceptors (Lipinski definition) is 2. The molecule has 0 saturated carbocycles. The van der Waals surface area contributed by atoms with Gasteiger partial charge in [0.2, 0.25) is 0 Å². The summed E-state index contributed by atoms with van der Waals surface area (Å²) in [5, 5.41) is 18.4. The van der Waals surface area contributed by atoms with Crippen LogP contribution in [0.3, 0.4) is 0 Å². The maximum atomic E-state index is 12.6. The summed E-state index contributed by atoms with van der Waals surface area (Å²) in [6.45, 7) is 1.52. The molecule has 1 rings (SSSR count). The average Bonchev–Trinajstić information content (AvgIpc) is 2.16. The minimum Gasteiger partial charge on any atom is -0.481 e. The van der Waals surface area contributed by atoms with E-state index in [0.717, 1.165) is 0 Å². The van der Waals surface area contributed by atoms with Crippen LogP contribution in [0.4, 0.5) is 4.39 Å². The molecule has 0 aliphatic carbocycles. The van der Waals surface area contributed by atoms with Crippen LogP contribution in [0.15, 0.2) is 24.3 Å². The fraction of sp³-hybridized carbons (Fsp3) is 0.364. The van der Waals surface area contributed by atoms with Crippen molar-refractivity contribution in [3.63, 3.8) is 0 Å². The predicted molar refractivity (Wildman–Crippen MR) is 52.8 cm³/mol. The van der Waals surface area contributed by atoms with E-state index < -0.39 is 11.6 Å². The molecule has 0 amide bonds. The van der Waals surface area contributed by atoms with Crippen molar-refractivity contribution in [3.05, 3.63) is 35.6 Å². The number of hydrogen-bond donors (Lipinski definition) is 2. The Balaban J connectivity index is 2.76. The third-order valence-electron chi connectivity index (χ3n) is 2.29. The van der Waals surface area contributed by atoms with Gasteiger partial charge in [-0.1, -0.05) is 12.1 Å². The van der Waals surface area contributed by atoms with Crippen LogP contribution in [0.5, 0.6) is 0 Å². The van der Waals surface area contributed by atoms with Crippen LogP contribution in [0.2, 0.25) is 0 Å². The maximum Gasteiger partial charge on any atom is 0.303 e. The third-order valence-corrected chi connectivity index (χ3v) is 2.29. The molecule has 0 aliphatic heterocycles. The van der Waals surface area contributed by atoms with Crippen molar-refractivity contribution >= 4 is 5.97 Å². The van der Waals surface area contributed by atoms with Crippen molar-refractivity contribution in [3.8, 4) is 0 Å². The maximum absolute atomic E-state index is 12.6. The highest BCUT2D eigenvalue weighted by Crippen LogP contribution is 2.25. The van der Waals surface area contributed by atoms with Crippen molar-refractivity contribution < 1.29 is 19.4 Å². The molecule has 1 aromatic carbocycles. The highest BCUT2D eigenvalue weighted by atomic mass is 19.1. The van der Waals surface area contributed by atoms with Crippen LogP contribution in [0, 0.1) is 5.82 Å². The van der Waals surface area contributed by atoms with E-state index in [9.17, 15) is 14.3 Å².